The fourth-order valence-corrected chi connectivity index (χ4v) is 2.09. The summed E-state index contributed by atoms with van der Waals surface area (Å²) in [4.78, 5) is 7.16. The maximum Gasteiger partial charge on any atom is 0.206 e. The number of H-pyrrole nitrogens is 1. The van der Waals surface area contributed by atoms with Crippen molar-refractivity contribution in [2.45, 2.75) is 32.7 Å². The molecule has 0 atom stereocenters. The van der Waals surface area contributed by atoms with Crippen LogP contribution in [-0.2, 0) is 13.0 Å². The highest BCUT2D eigenvalue weighted by atomic mass is 32.1. The molecular formula is C10H15N5S. The van der Waals surface area contributed by atoms with Crippen LogP contribution in [-0.4, -0.2) is 20.2 Å². The van der Waals surface area contributed by atoms with E-state index in [1.54, 1.807) is 17.5 Å². The number of hydrogen-bond acceptors (Lipinski definition) is 5. The molecule has 16 heavy (non-hydrogen) atoms. The summed E-state index contributed by atoms with van der Waals surface area (Å²) in [5.41, 5.74) is 0. The Bertz CT molecular complexity index is 409. The predicted octanol–water partition coefficient (Wildman–Crippen LogP) is 2.22. The Morgan fingerprint density at radius 1 is 1.44 bits per heavy atom. The molecule has 0 amide bonds. The maximum absolute atomic E-state index is 4.13. The Hall–Kier alpha value is -1.43. The van der Waals surface area contributed by atoms with Crippen molar-refractivity contribution in [2.75, 3.05) is 5.32 Å². The lowest BCUT2D eigenvalue weighted by Crippen LogP contribution is -2.00. The van der Waals surface area contributed by atoms with E-state index in [0.29, 0.717) is 6.54 Å². The van der Waals surface area contributed by atoms with Crippen molar-refractivity contribution in [3.8, 4) is 0 Å². The van der Waals surface area contributed by atoms with Crippen molar-refractivity contribution >= 4 is 16.5 Å². The standard InChI is InChI=1S/C10H15N5S/c1-2-3-4-9-14-15-10(16-9)13-7-8-11-5-6-12-8/h5-6H,2-4,7H2,1H3,(H,11,12)(H,13,15). The zero-order valence-corrected chi connectivity index (χ0v) is 10.0. The second kappa shape index (κ2) is 5.60. The lowest BCUT2D eigenvalue weighted by molar-refractivity contribution is 0.779. The van der Waals surface area contributed by atoms with Crippen molar-refractivity contribution in [3.63, 3.8) is 0 Å². The van der Waals surface area contributed by atoms with Gasteiger partial charge in [-0.25, -0.2) is 4.98 Å². The zero-order chi connectivity index (χ0) is 11.2. The van der Waals surface area contributed by atoms with Crippen molar-refractivity contribution in [2.24, 2.45) is 0 Å². The van der Waals surface area contributed by atoms with Gasteiger partial charge in [0.15, 0.2) is 0 Å². The largest absolute Gasteiger partial charge is 0.353 e. The average Bonchev–Trinajstić information content (AvgIpc) is 2.95. The Labute approximate surface area is 98.3 Å². The smallest absolute Gasteiger partial charge is 0.206 e. The van der Waals surface area contributed by atoms with Crippen molar-refractivity contribution in [1.29, 1.82) is 0 Å². The molecule has 0 radical (unpaired) electrons. The number of aromatic amines is 1. The monoisotopic (exact) mass is 237 g/mol. The maximum atomic E-state index is 4.13. The fraction of sp³-hybridized carbons (Fsp3) is 0.500. The number of nitrogens with one attached hydrogen (secondary N) is 2. The highest BCUT2D eigenvalue weighted by Gasteiger charge is 2.03. The van der Waals surface area contributed by atoms with Gasteiger partial charge in [-0.3, -0.25) is 0 Å². The second-order valence-corrected chi connectivity index (χ2v) is 4.56. The predicted molar refractivity (Wildman–Crippen MR) is 64.4 cm³/mol. The van der Waals surface area contributed by atoms with E-state index in [2.05, 4.69) is 32.4 Å². The molecule has 0 aromatic carbocycles. The Balaban J connectivity index is 1.83. The average molecular weight is 237 g/mol. The number of rotatable bonds is 6. The van der Waals surface area contributed by atoms with E-state index in [0.717, 1.165) is 22.4 Å². The minimum absolute atomic E-state index is 0.662. The van der Waals surface area contributed by atoms with Crippen LogP contribution in [0.1, 0.15) is 30.6 Å². The third-order valence-electron chi connectivity index (χ3n) is 2.17. The topological polar surface area (TPSA) is 66.5 Å². The minimum Gasteiger partial charge on any atom is -0.353 e. The first-order chi connectivity index (χ1) is 7.88. The molecule has 0 spiro atoms. The molecule has 0 unspecified atom stereocenters. The summed E-state index contributed by atoms with van der Waals surface area (Å²) in [7, 11) is 0. The lowest BCUT2D eigenvalue weighted by atomic mass is 10.3. The summed E-state index contributed by atoms with van der Waals surface area (Å²) in [6, 6.07) is 0. The van der Waals surface area contributed by atoms with Crippen LogP contribution in [0.3, 0.4) is 0 Å². The van der Waals surface area contributed by atoms with E-state index < -0.39 is 0 Å². The molecule has 0 aliphatic rings. The molecule has 2 heterocycles. The zero-order valence-electron chi connectivity index (χ0n) is 9.23. The molecule has 0 saturated carbocycles. The minimum atomic E-state index is 0.662. The molecule has 6 heteroatoms. The fourth-order valence-electron chi connectivity index (χ4n) is 1.31. The molecule has 0 aliphatic heterocycles. The number of anilines is 1. The number of aryl methyl sites for hydroxylation is 1. The number of imidazole rings is 1. The molecule has 0 saturated heterocycles. The third kappa shape index (κ3) is 3.03. The van der Waals surface area contributed by atoms with Crippen LogP contribution in [0.15, 0.2) is 12.4 Å². The third-order valence-corrected chi connectivity index (χ3v) is 3.11. The van der Waals surface area contributed by atoms with E-state index >= 15 is 0 Å². The van der Waals surface area contributed by atoms with Gasteiger partial charge in [-0.1, -0.05) is 24.7 Å². The first-order valence-corrected chi connectivity index (χ1v) is 6.24. The molecule has 0 bridgehead atoms. The van der Waals surface area contributed by atoms with Crippen molar-refractivity contribution in [3.05, 3.63) is 23.2 Å². The molecule has 0 fully saturated rings. The summed E-state index contributed by atoms with van der Waals surface area (Å²) in [5.74, 6) is 0.908. The highest BCUT2D eigenvalue weighted by molar-refractivity contribution is 7.15. The summed E-state index contributed by atoms with van der Waals surface area (Å²) in [6.07, 6.45) is 6.94. The van der Waals surface area contributed by atoms with Crippen LogP contribution in [0.5, 0.6) is 0 Å². The van der Waals surface area contributed by atoms with Crippen LogP contribution >= 0.6 is 11.3 Å². The van der Waals surface area contributed by atoms with Gasteiger partial charge in [-0.05, 0) is 6.42 Å². The van der Waals surface area contributed by atoms with E-state index in [1.165, 1.54) is 12.8 Å². The van der Waals surface area contributed by atoms with Gasteiger partial charge in [0.25, 0.3) is 0 Å². The van der Waals surface area contributed by atoms with Gasteiger partial charge in [0, 0.05) is 18.8 Å². The summed E-state index contributed by atoms with van der Waals surface area (Å²) in [5, 5.41) is 13.4. The first kappa shape index (κ1) is 11.1. The van der Waals surface area contributed by atoms with Gasteiger partial charge < -0.3 is 10.3 Å². The lowest BCUT2D eigenvalue weighted by Gasteiger charge is -1.96. The molecule has 5 nitrogen and oxygen atoms in total. The molecule has 86 valence electrons. The summed E-state index contributed by atoms with van der Waals surface area (Å²) < 4.78 is 0. The molecular weight excluding hydrogens is 222 g/mol. The van der Waals surface area contributed by atoms with E-state index in [1.807, 2.05) is 6.20 Å². The summed E-state index contributed by atoms with van der Waals surface area (Å²) in [6.45, 7) is 2.84. The highest BCUT2D eigenvalue weighted by Crippen LogP contribution is 2.17. The molecule has 2 aromatic rings. The number of aromatic nitrogens is 4. The van der Waals surface area contributed by atoms with Crippen LogP contribution in [0, 0.1) is 0 Å². The number of hydrogen-bond donors (Lipinski definition) is 2. The molecule has 2 rings (SSSR count). The SMILES string of the molecule is CCCCc1nnc(NCc2ncc[nH]2)s1. The van der Waals surface area contributed by atoms with E-state index in [4.69, 9.17) is 0 Å². The Kier molecular flexibility index (Phi) is 3.87. The number of nitrogens with zero attached hydrogens (tertiary/aromatic N) is 3. The molecule has 0 aliphatic carbocycles. The van der Waals surface area contributed by atoms with Crippen LogP contribution in [0.2, 0.25) is 0 Å². The van der Waals surface area contributed by atoms with E-state index in [9.17, 15) is 0 Å². The first-order valence-electron chi connectivity index (χ1n) is 5.43. The van der Waals surface area contributed by atoms with Gasteiger partial charge >= 0.3 is 0 Å². The Morgan fingerprint density at radius 2 is 2.38 bits per heavy atom. The molecule has 2 aromatic heterocycles. The van der Waals surface area contributed by atoms with Crippen LogP contribution < -0.4 is 5.32 Å². The van der Waals surface area contributed by atoms with Crippen molar-refractivity contribution < 1.29 is 0 Å². The van der Waals surface area contributed by atoms with Crippen LogP contribution in [0.4, 0.5) is 5.13 Å². The molecule has 2 N–H and O–H groups in total. The summed E-state index contributed by atoms with van der Waals surface area (Å²) >= 11 is 1.62. The second-order valence-electron chi connectivity index (χ2n) is 3.49. The quantitative estimate of drug-likeness (QED) is 0.808. The van der Waals surface area contributed by atoms with Crippen LogP contribution in [0.25, 0.3) is 0 Å². The van der Waals surface area contributed by atoms with Gasteiger partial charge in [0.1, 0.15) is 10.8 Å². The number of unbranched alkanes of at least 4 members (excludes halogenated alkanes) is 1. The van der Waals surface area contributed by atoms with Gasteiger partial charge in [0.2, 0.25) is 5.13 Å². The van der Waals surface area contributed by atoms with Crippen molar-refractivity contribution in [1.82, 2.24) is 20.2 Å². The van der Waals surface area contributed by atoms with Gasteiger partial charge in [-0.2, -0.15) is 0 Å². The Morgan fingerprint density at radius 3 is 3.12 bits per heavy atom. The van der Waals surface area contributed by atoms with E-state index in [-0.39, 0.29) is 0 Å². The normalized spacial score (nSPS) is 10.6. The van der Waals surface area contributed by atoms with Gasteiger partial charge in [-0.15, -0.1) is 10.2 Å². The van der Waals surface area contributed by atoms with Gasteiger partial charge in [0.05, 0.1) is 6.54 Å².